The predicted molar refractivity (Wildman–Crippen MR) is 73.3 cm³/mol. The standard InChI is InChI=1S/C15H23NO2/c1-10-12-7-5-4-6-11(12)8-14(18-3)15(10)13(17)9-16-2/h8,13,16-17H,4-7,9H2,1-3H3. The van der Waals surface area contributed by atoms with Gasteiger partial charge in [0.05, 0.1) is 13.2 Å². The van der Waals surface area contributed by atoms with Gasteiger partial charge in [-0.3, -0.25) is 0 Å². The van der Waals surface area contributed by atoms with Gasteiger partial charge in [-0.05, 0) is 62.4 Å². The number of aliphatic hydroxyl groups excluding tert-OH is 1. The molecule has 0 saturated carbocycles. The van der Waals surface area contributed by atoms with E-state index < -0.39 is 6.10 Å². The highest BCUT2D eigenvalue weighted by Crippen LogP contribution is 2.36. The first kappa shape index (κ1) is 13.4. The van der Waals surface area contributed by atoms with Gasteiger partial charge >= 0.3 is 0 Å². The molecular weight excluding hydrogens is 226 g/mol. The van der Waals surface area contributed by atoms with E-state index in [1.165, 1.54) is 29.5 Å². The number of hydrogen-bond donors (Lipinski definition) is 2. The topological polar surface area (TPSA) is 41.5 Å². The number of benzene rings is 1. The van der Waals surface area contributed by atoms with Gasteiger partial charge in [0.2, 0.25) is 0 Å². The third kappa shape index (κ3) is 2.38. The zero-order chi connectivity index (χ0) is 13.1. The summed E-state index contributed by atoms with van der Waals surface area (Å²) in [4.78, 5) is 0. The fraction of sp³-hybridized carbons (Fsp3) is 0.600. The number of rotatable bonds is 4. The van der Waals surface area contributed by atoms with Crippen LogP contribution in [0, 0.1) is 6.92 Å². The van der Waals surface area contributed by atoms with Gasteiger partial charge in [-0.25, -0.2) is 0 Å². The quantitative estimate of drug-likeness (QED) is 0.859. The van der Waals surface area contributed by atoms with Crippen molar-refractivity contribution in [2.24, 2.45) is 0 Å². The lowest BCUT2D eigenvalue weighted by molar-refractivity contribution is 0.172. The normalized spacial score (nSPS) is 16.2. The summed E-state index contributed by atoms with van der Waals surface area (Å²) in [6.45, 7) is 2.66. The van der Waals surface area contributed by atoms with Crippen molar-refractivity contribution in [1.82, 2.24) is 5.32 Å². The number of likely N-dealkylation sites (N-methyl/N-ethyl adjacent to an activating group) is 1. The van der Waals surface area contributed by atoms with Crippen LogP contribution in [0.1, 0.15) is 41.2 Å². The van der Waals surface area contributed by atoms with Crippen molar-refractivity contribution in [1.29, 1.82) is 0 Å². The molecule has 0 aliphatic heterocycles. The minimum absolute atomic E-state index is 0.503. The summed E-state index contributed by atoms with van der Waals surface area (Å²) < 4.78 is 5.47. The predicted octanol–water partition coefficient (Wildman–Crippen LogP) is 2.14. The Hall–Kier alpha value is -1.06. The maximum absolute atomic E-state index is 10.3. The van der Waals surface area contributed by atoms with Crippen molar-refractivity contribution in [3.8, 4) is 5.75 Å². The van der Waals surface area contributed by atoms with Crippen LogP contribution >= 0.6 is 0 Å². The molecule has 2 N–H and O–H groups in total. The van der Waals surface area contributed by atoms with Crippen LogP contribution in [-0.4, -0.2) is 25.8 Å². The van der Waals surface area contributed by atoms with Crippen LogP contribution in [0.4, 0.5) is 0 Å². The third-order valence-corrected chi connectivity index (χ3v) is 3.89. The number of nitrogens with one attached hydrogen (secondary N) is 1. The molecule has 2 rings (SSSR count). The van der Waals surface area contributed by atoms with E-state index in [9.17, 15) is 5.11 Å². The van der Waals surface area contributed by atoms with Crippen LogP contribution < -0.4 is 10.1 Å². The minimum Gasteiger partial charge on any atom is -0.496 e. The van der Waals surface area contributed by atoms with Gasteiger partial charge in [0.1, 0.15) is 5.75 Å². The molecule has 0 bridgehead atoms. The van der Waals surface area contributed by atoms with E-state index in [1.807, 2.05) is 7.05 Å². The molecule has 1 aliphatic rings. The molecule has 0 amide bonds. The van der Waals surface area contributed by atoms with Crippen LogP contribution in [-0.2, 0) is 12.8 Å². The lowest BCUT2D eigenvalue weighted by atomic mass is 9.84. The fourth-order valence-electron chi connectivity index (χ4n) is 2.98. The molecule has 3 nitrogen and oxygen atoms in total. The van der Waals surface area contributed by atoms with E-state index in [0.717, 1.165) is 24.2 Å². The summed E-state index contributed by atoms with van der Waals surface area (Å²) in [7, 11) is 3.53. The molecule has 0 spiro atoms. The zero-order valence-corrected chi connectivity index (χ0v) is 11.5. The molecule has 1 aromatic rings. The lowest BCUT2D eigenvalue weighted by Gasteiger charge is -2.25. The molecule has 1 aromatic carbocycles. The van der Waals surface area contributed by atoms with Gasteiger partial charge in [0.15, 0.2) is 0 Å². The molecule has 18 heavy (non-hydrogen) atoms. The fourth-order valence-corrected chi connectivity index (χ4v) is 2.98. The molecular formula is C15H23NO2. The van der Waals surface area contributed by atoms with Gasteiger partial charge < -0.3 is 15.2 Å². The Morgan fingerprint density at radius 3 is 2.78 bits per heavy atom. The Kier molecular flexibility index (Phi) is 4.25. The molecule has 0 fully saturated rings. The van der Waals surface area contributed by atoms with E-state index in [0.29, 0.717) is 6.54 Å². The van der Waals surface area contributed by atoms with Crippen LogP contribution in [0.15, 0.2) is 6.07 Å². The Labute approximate surface area is 109 Å². The van der Waals surface area contributed by atoms with Crippen LogP contribution in [0.25, 0.3) is 0 Å². The Morgan fingerprint density at radius 1 is 1.39 bits per heavy atom. The Morgan fingerprint density at radius 2 is 2.11 bits per heavy atom. The maximum atomic E-state index is 10.3. The summed E-state index contributed by atoms with van der Waals surface area (Å²) in [5.41, 5.74) is 4.99. The van der Waals surface area contributed by atoms with Gasteiger partial charge in [-0.1, -0.05) is 0 Å². The zero-order valence-electron chi connectivity index (χ0n) is 11.5. The third-order valence-electron chi connectivity index (χ3n) is 3.89. The molecule has 3 heteroatoms. The van der Waals surface area contributed by atoms with E-state index in [4.69, 9.17) is 4.74 Å². The van der Waals surface area contributed by atoms with Crippen molar-refractivity contribution in [2.45, 2.75) is 38.7 Å². The van der Waals surface area contributed by atoms with Crippen LogP contribution in [0.5, 0.6) is 5.75 Å². The first-order valence-corrected chi connectivity index (χ1v) is 6.71. The van der Waals surface area contributed by atoms with Crippen molar-refractivity contribution in [2.75, 3.05) is 20.7 Å². The number of aliphatic hydroxyl groups is 1. The van der Waals surface area contributed by atoms with E-state index in [2.05, 4.69) is 18.3 Å². The first-order valence-electron chi connectivity index (χ1n) is 6.71. The average Bonchev–Trinajstić information content (AvgIpc) is 2.38. The first-order chi connectivity index (χ1) is 8.69. The summed E-state index contributed by atoms with van der Waals surface area (Å²) in [5.74, 6) is 0.830. The average molecular weight is 249 g/mol. The van der Waals surface area contributed by atoms with Gasteiger partial charge in [-0.2, -0.15) is 0 Å². The molecule has 0 saturated heterocycles. The van der Waals surface area contributed by atoms with Crippen LogP contribution in [0.3, 0.4) is 0 Å². The number of fused-ring (bicyclic) bond motifs is 1. The number of hydrogen-bond acceptors (Lipinski definition) is 3. The number of methoxy groups -OCH3 is 1. The maximum Gasteiger partial charge on any atom is 0.125 e. The highest BCUT2D eigenvalue weighted by Gasteiger charge is 2.22. The number of ether oxygens (including phenoxy) is 1. The SMILES string of the molecule is CNCC(O)c1c(OC)cc2c(c1C)CCCC2. The second-order valence-corrected chi connectivity index (χ2v) is 5.04. The van der Waals surface area contributed by atoms with Crippen molar-refractivity contribution in [3.05, 3.63) is 28.3 Å². The Balaban J connectivity index is 2.49. The summed E-state index contributed by atoms with van der Waals surface area (Å²) >= 11 is 0. The molecule has 0 aromatic heterocycles. The number of aryl methyl sites for hydroxylation is 1. The second-order valence-electron chi connectivity index (χ2n) is 5.04. The molecule has 100 valence electrons. The summed E-state index contributed by atoms with van der Waals surface area (Å²) in [6, 6.07) is 2.12. The van der Waals surface area contributed by atoms with Crippen LogP contribution in [0.2, 0.25) is 0 Å². The highest BCUT2D eigenvalue weighted by atomic mass is 16.5. The van der Waals surface area contributed by atoms with Gasteiger partial charge in [-0.15, -0.1) is 0 Å². The molecule has 1 atom stereocenters. The summed E-state index contributed by atoms with van der Waals surface area (Å²) in [5, 5.41) is 13.3. The molecule has 0 heterocycles. The highest BCUT2D eigenvalue weighted by molar-refractivity contribution is 5.51. The second kappa shape index (κ2) is 5.72. The van der Waals surface area contributed by atoms with E-state index in [1.54, 1.807) is 7.11 Å². The van der Waals surface area contributed by atoms with Crippen molar-refractivity contribution < 1.29 is 9.84 Å². The minimum atomic E-state index is -0.503. The van der Waals surface area contributed by atoms with Gasteiger partial charge in [0, 0.05) is 12.1 Å². The molecule has 1 aliphatic carbocycles. The largest absolute Gasteiger partial charge is 0.496 e. The molecule has 0 radical (unpaired) electrons. The van der Waals surface area contributed by atoms with Crippen molar-refractivity contribution in [3.63, 3.8) is 0 Å². The Bertz CT molecular complexity index is 429. The van der Waals surface area contributed by atoms with Gasteiger partial charge in [0.25, 0.3) is 0 Å². The van der Waals surface area contributed by atoms with Crippen molar-refractivity contribution >= 4 is 0 Å². The smallest absolute Gasteiger partial charge is 0.125 e. The lowest BCUT2D eigenvalue weighted by Crippen LogP contribution is -2.19. The van der Waals surface area contributed by atoms with E-state index >= 15 is 0 Å². The summed E-state index contributed by atoms with van der Waals surface area (Å²) in [6.07, 6.45) is 4.27. The van der Waals surface area contributed by atoms with E-state index in [-0.39, 0.29) is 0 Å². The molecule has 1 unspecified atom stereocenters. The monoisotopic (exact) mass is 249 g/mol.